The molecule has 0 amide bonds. The topological polar surface area (TPSA) is 15.3 Å². The average Bonchev–Trinajstić information content (AvgIpc) is 3.22. The van der Waals surface area contributed by atoms with Crippen LogP contribution in [0.4, 0.5) is 10.1 Å². The average molecular weight is 276 g/mol. The molecule has 1 saturated heterocycles. The molecule has 110 valence electrons. The van der Waals surface area contributed by atoms with Crippen LogP contribution in [0, 0.1) is 11.7 Å². The van der Waals surface area contributed by atoms with Crippen molar-refractivity contribution in [2.24, 2.45) is 5.92 Å². The van der Waals surface area contributed by atoms with Crippen LogP contribution in [0.5, 0.6) is 0 Å². The van der Waals surface area contributed by atoms with Crippen LogP contribution in [0.3, 0.4) is 0 Å². The van der Waals surface area contributed by atoms with Gasteiger partial charge in [-0.05, 0) is 50.2 Å². The number of rotatable bonds is 4. The van der Waals surface area contributed by atoms with Gasteiger partial charge in [-0.25, -0.2) is 4.39 Å². The molecule has 1 N–H and O–H groups in total. The first-order valence-electron chi connectivity index (χ1n) is 7.92. The Morgan fingerprint density at radius 3 is 2.75 bits per heavy atom. The van der Waals surface area contributed by atoms with Crippen molar-refractivity contribution < 1.29 is 4.39 Å². The van der Waals surface area contributed by atoms with E-state index in [1.807, 2.05) is 6.07 Å². The standard InChI is InChI=1S/C17H25FN2/c1-12-8-9-20(13(2)10-12)17-14(4-3-5-16(17)18)11-19-15-6-7-15/h3-5,12-13,15,19H,6-11H2,1-2H3. The number of para-hydroxylation sites is 1. The van der Waals surface area contributed by atoms with E-state index in [0.29, 0.717) is 12.1 Å². The quantitative estimate of drug-likeness (QED) is 0.902. The second kappa shape index (κ2) is 5.72. The second-order valence-corrected chi connectivity index (χ2v) is 6.57. The number of nitrogens with one attached hydrogen (secondary N) is 1. The second-order valence-electron chi connectivity index (χ2n) is 6.57. The van der Waals surface area contributed by atoms with Crippen LogP contribution in [-0.2, 0) is 6.54 Å². The zero-order valence-electron chi connectivity index (χ0n) is 12.5. The summed E-state index contributed by atoms with van der Waals surface area (Å²) in [6.45, 7) is 6.28. The first kappa shape index (κ1) is 13.9. The maximum atomic E-state index is 14.4. The lowest BCUT2D eigenvalue weighted by molar-refractivity contribution is 0.374. The summed E-state index contributed by atoms with van der Waals surface area (Å²) < 4.78 is 14.4. The van der Waals surface area contributed by atoms with Gasteiger partial charge in [-0.3, -0.25) is 0 Å². The van der Waals surface area contributed by atoms with Gasteiger partial charge in [0.25, 0.3) is 0 Å². The largest absolute Gasteiger partial charge is 0.366 e. The molecule has 2 unspecified atom stereocenters. The molecule has 20 heavy (non-hydrogen) atoms. The highest BCUT2D eigenvalue weighted by Crippen LogP contribution is 2.32. The van der Waals surface area contributed by atoms with Gasteiger partial charge in [-0.2, -0.15) is 0 Å². The van der Waals surface area contributed by atoms with Crippen LogP contribution >= 0.6 is 0 Å². The number of nitrogens with zero attached hydrogens (tertiary/aromatic N) is 1. The van der Waals surface area contributed by atoms with Crippen LogP contribution in [0.1, 0.15) is 45.1 Å². The van der Waals surface area contributed by atoms with E-state index in [1.165, 1.54) is 12.8 Å². The fourth-order valence-electron chi connectivity index (χ4n) is 3.31. The Bertz CT molecular complexity index is 470. The smallest absolute Gasteiger partial charge is 0.146 e. The van der Waals surface area contributed by atoms with Gasteiger partial charge in [0.2, 0.25) is 0 Å². The van der Waals surface area contributed by atoms with Crippen molar-refractivity contribution in [3.05, 3.63) is 29.6 Å². The number of piperidine rings is 1. The van der Waals surface area contributed by atoms with Crippen molar-refractivity contribution in [1.29, 1.82) is 0 Å². The fraction of sp³-hybridized carbons (Fsp3) is 0.647. The molecule has 0 aromatic heterocycles. The van der Waals surface area contributed by atoms with E-state index >= 15 is 0 Å². The number of hydrogen-bond acceptors (Lipinski definition) is 2. The lowest BCUT2D eigenvalue weighted by atomic mass is 9.92. The van der Waals surface area contributed by atoms with E-state index in [-0.39, 0.29) is 5.82 Å². The molecule has 3 rings (SSSR count). The number of benzene rings is 1. The van der Waals surface area contributed by atoms with Crippen LogP contribution in [0.2, 0.25) is 0 Å². The van der Waals surface area contributed by atoms with E-state index in [2.05, 4.69) is 30.1 Å². The molecular weight excluding hydrogens is 251 g/mol. The molecule has 2 aliphatic rings. The van der Waals surface area contributed by atoms with Gasteiger partial charge in [-0.1, -0.05) is 19.1 Å². The summed E-state index contributed by atoms with van der Waals surface area (Å²) in [7, 11) is 0. The summed E-state index contributed by atoms with van der Waals surface area (Å²) in [5, 5.41) is 3.51. The number of anilines is 1. The van der Waals surface area contributed by atoms with Crippen molar-refractivity contribution in [2.75, 3.05) is 11.4 Å². The van der Waals surface area contributed by atoms with Crippen molar-refractivity contribution >= 4 is 5.69 Å². The molecule has 1 aromatic rings. The minimum absolute atomic E-state index is 0.0681. The minimum Gasteiger partial charge on any atom is -0.366 e. The first-order valence-corrected chi connectivity index (χ1v) is 7.92. The third-order valence-corrected chi connectivity index (χ3v) is 4.65. The minimum atomic E-state index is -0.0681. The number of halogens is 1. The van der Waals surface area contributed by atoms with E-state index in [4.69, 9.17) is 0 Å². The summed E-state index contributed by atoms with van der Waals surface area (Å²) in [6.07, 6.45) is 4.85. The molecule has 1 aliphatic heterocycles. The van der Waals surface area contributed by atoms with E-state index in [9.17, 15) is 4.39 Å². The third kappa shape index (κ3) is 2.98. The highest BCUT2D eigenvalue weighted by Gasteiger charge is 2.27. The number of hydrogen-bond donors (Lipinski definition) is 1. The molecule has 1 saturated carbocycles. The summed E-state index contributed by atoms with van der Waals surface area (Å²) in [5.41, 5.74) is 1.94. The lowest BCUT2D eigenvalue weighted by Gasteiger charge is -2.39. The van der Waals surface area contributed by atoms with Crippen molar-refractivity contribution in [2.45, 2.75) is 58.2 Å². The highest BCUT2D eigenvalue weighted by atomic mass is 19.1. The van der Waals surface area contributed by atoms with Gasteiger partial charge >= 0.3 is 0 Å². The SMILES string of the molecule is CC1CCN(c2c(F)cccc2CNC2CC2)C(C)C1. The Kier molecular flexibility index (Phi) is 3.97. The Labute approximate surface area is 121 Å². The van der Waals surface area contributed by atoms with Crippen LogP contribution in [0.25, 0.3) is 0 Å². The summed E-state index contributed by atoms with van der Waals surface area (Å²) >= 11 is 0. The normalized spacial score (nSPS) is 26.9. The highest BCUT2D eigenvalue weighted by molar-refractivity contribution is 5.56. The van der Waals surface area contributed by atoms with Crippen molar-refractivity contribution in [3.8, 4) is 0 Å². The van der Waals surface area contributed by atoms with E-state index in [0.717, 1.165) is 43.1 Å². The summed E-state index contributed by atoms with van der Waals surface area (Å²) in [4.78, 5) is 2.28. The molecule has 1 aliphatic carbocycles. The Morgan fingerprint density at radius 2 is 2.05 bits per heavy atom. The Balaban J connectivity index is 1.82. The molecule has 2 atom stereocenters. The van der Waals surface area contributed by atoms with Gasteiger partial charge in [0, 0.05) is 25.2 Å². The van der Waals surface area contributed by atoms with Gasteiger partial charge in [-0.15, -0.1) is 0 Å². The molecule has 0 radical (unpaired) electrons. The summed E-state index contributed by atoms with van der Waals surface area (Å²) in [6, 6.07) is 6.58. The maximum absolute atomic E-state index is 14.4. The van der Waals surface area contributed by atoms with Crippen molar-refractivity contribution in [1.82, 2.24) is 5.32 Å². The van der Waals surface area contributed by atoms with Crippen molar-refractivity contribution in [3.63, 3.8) is 0 Å². The molecule has 0 bridgehead atoms. The van der Waals surface area contributed by atoms with E-state index in [1.54, 1.807) is 6.07 Å². The zero-order valence-corrected chi connectivity index (χ0v) is 12.5. The van der Waals surface area contributed by atoms with Gasteiger partial charge in [0.1, 0.15) is 5.82 Å². The fourth-order valence-corrected chi connectivity index (χ4v) is 3.31. The zero-order chi connectivity index (χ0) is 14.1. The van der Waals surface area contributed by atoms with Crippen LogP contribution in [0.15, 0.2) is 18.2 Å². The van der Waals surface area contributed by atoms with E-state index < -0.39 is 0 Å². The van der Waals surface area contributed by atoms with Gasteiger partial charge < -0.3 is 10.2 Å². The maximum Gasteiger partial charge on any atom is 0.146 e. The Hall–Kier alpha value is -1.09. The predicted octanol–water partition coefficient (Wildman–Crippen LogP) is 3.70. The molecule has 3 heteroatoms. The summed E-state index contributed by atoms with van der Waals surface area (Å²) in [5.74, 6) is 0.683. The third-order valence-electron chi connectivity index (χ3n) is 4.65. The molecule has 0 spiro atoms. The molecule has 2 nitrogen and oxygen atoms in total. The Morgan fingerprint density at radius 1 is 1.25 bits per heavy atom. The monoisotopic (exact) mass is 276 g/mol. The molecule has 1 heterocycles. The molecular formula is C17H25FN2. The van der Waals surface area contributed by atoms with Gasteiger partial charge in [0.05, 0.1) is 5.69 Å². The first-order chi connectivity index (χ1) is 9.65. The lowest BCUT2D eigenvalue weighted by Crippen LogP contribution is -2.41. The predicted molar refractivity (Wildman–Crippen MR) is 81.5 cm³/mol. The van der Waals surface area contributed by atoms with Crippen LogP contribution in [-0.4, -0.2) is 18.6 Å². The molecule has 2 fully saturated rings. The van der Waals surface area contributed by atoms with Crippen LogP contribution < -0.4 is 10.2 Å². The van der Waals surface area contributed by atoms with Gasteiger partial charge in [0.15, 0.2) is 0 Å². The molecule has 1 aromatic carbocycles.